The number of halogens is 2. The first-order valence-electron chi connectivity index (χ1n) is 13.3. The van der Waals surface area contributed by atoms with E-state index >= 15 is 0 Å². The van der Waals surface area contributed by atoms with Crippen LogP contribution < -0.4 is 15.1 Å². The lowest BCUT2D eigenvalue weighted by atomic mass is 10.1. The molecule has 0 atom stereocenters. The van der Waals surface area contributed by atoms with Gasteiger partial charge in [0, 0.05) is 55.5 Å². The lowest BCUT2D eigenvalue weighted by Gasteiger charge is -2.29. The minimum Gasteiger partial charge on any atom is -0.379 e. The third-order valence-corrected chi connectivity index (χ3v) is 7.69. The second kappa shape index (κ2) is 12.8. The standard InChI is InChI=1S/C30H32Cl2N4O3/c31-23-9-12-25(26(32)21-23)29(37)33-24-10-7-22(8-11-24)30(38)36-16-4-15-35(27-5-1-2-6-28(27)36)14-3-13-34-17-19-39-20-18-34/h1-2,5-12,21H,3-4,13-20H2,(H,33,37). The monoisotopic (exact) mass is 566 g/mol. The van der Waals surface area contributed by atoms with Gasteiger partial charge in [0.1, 0.15) is 0 Å². The van der Waals surface area contributed by atoms with Gasteiger partial charge >= 0.3 is 0 Å². The molecule has 39 heavy (non-hydrogen) atoms. The maximum absolute atomic E-state index is 13.6. The Bertz CT molecular complexity index is 1310. The fraction of sp³-hybridized carbons (Fsp3) is 0.333. The highest BCUT2D eigenvalue weighted by Crippen LogP contribution is 2.33. The molecule has 0 aromatic heterocycles. The van der Waals surface area contributed by atoms with Crippen molar-refractivity contribution < 1.29 is 14.3 Å². The molecular formula is C30H32Cl2N4O3. The largest absolute Gasteiger partial charge is 0.379 e. The van der Waals surface area contributed by atoms with E-state index in [0.29, 0.717) is 28.4 Å². The Morgan fingerprint density at radius 3 is 2.33 bits per heavy atom. The van der Waals surface area contributed by atoms with E-state index in [0.717, 1.165) is 70.2 Å². The molecule has 3 aromatic rings. The average molecular weight is 568 g/mol. The predicted octanol–water partition coefficient (Wildman–Crippen LogP) is 5.82. The smallest absolute Gasteiger partial charge is 0.258 e. The van der Waals surface area contributed by atoms with E-state index in [1.54, 1.807) is 36.4 Å². The molecule has 9 heteroatoms. The van der Waals surface area contributed by atoms with Gasteiger partial charge in [-0.1, -0.05) is 35.3 Å². The Hall–Kier alpha value is -3.10. The maximum atomic E-state index is 13.6. The number of carbonyl (C=O) groups is 2. The number of rotatable bonds is 7. The normalized spacial score (nSPS) is 15.9. The molecule has 3 aromatic carbocycles. The highest BCUT2D eigenvalue weighted by molar-refractivity contribution is 6.37. The van der Waals surface area contributed by atoms with Crippen LogP contribution in [0.15, 0.2) is 66.7 Å². The van der Waals surface area contributed by atoms with Gasteiger partial charge in [-0.25, -0.2) is 0 Å². The van der Waals surface area contributed by atoms with Gasteiger partial charge in [0.25, 0.3) is 11.8 Å². The van der Waals surface area contributed by atoms with Crippen molar-refractivity contribution in [3.8, 4) is 0 Å². The molecule has 2 aliphatic rings. The van der Waals surface area contributed by atoms with E-state index in [9.17, 15) is 9.59 Å². The van der Waals surface area contributed by atoms with Crippen LogP contribution in [0.5, 0.6) is 0 Å². The van der Waals surface area contributed by atoms with Crippen molar-refractivity contribution in [2.45, 2.75) is 12.8 Å². The number of nitrogens with one attached hydrogen (secondary N) is 1. The second-order valence-electron chi connectivity index (χ2n) is 9.75. The molecule has 1 N–H and O–H groups in total. The van der Waals surface area contributed by atoms with Crippen LogP contribution in [0.25, 0.3) is 0 Å². The third-order valence-electron chi connectivity index (χ3n) is 7.14. The Kier molecular flexibility index (Phi) is 9.04. The SMILES string of the molecule is O=C(Nc1ccc(C(=O)N2CCCN(CCCN3CCOCC3)c3ccccc32)cc1)c1ccc(Cl)cc1Cl. The number of fused-ring (bicyclic) bond motifs is 1. The van der Waals surface area contributed by atoms with Gasteiger partial charge in [0.15, 0.2) is 0 Å². The van der Waals surface area contributed by atoms with Gasteiger partial charge < -0.3 is 19.9 Å². The number of hydrogen-bond acceptors (Lipinski definition) is 5. The van der Waals surface area contributed by atoms with Crippen molar-refractivity contribution in [3.05, 3.63) is 87.9 Å². The zero-order valence-electron chi connectivity index (χ0n) is 21.7. The minimum absolute atomic E-state index is 0.0590. The van der Waals surface area contributed by atoms with Crippen molar-refractivity contribution in [1.29, 1.82) is 0 Å². The summed E-state index contributed by atoms with van der Waals surface area (Å²) in [5.74, 6) is -0.401. The zero-order valence-corrected chi connectivity index (χ0v) is 23.3. The lowest BCUT2D eigenvalue weighted by Crippen LogP contribution is -2.38. The average Bonchev–Trinajstić information content (AvgIpc) is 3.13. The van der Waals surface area contributed by atoms with Crippen molar-refractivity contribution >= 4 is 52.1 Å². The second-order valence-corrected chi connectivity index (χ2v) is 10.6. The first kappa shape index (κ1) is 27.5. The number of anilines is 3. The van der Waals surface area contributed by atoms with Crippen LogP contribution in [-0.4, -0.2) is 69.2 Å². The molecule has 0 radical (unpaired) electrons. The van der Waals surface area contributed by atoms with Gasteiger partial charge in [-0.2, -0.15) is 0 Å². The molecule has 1 saturated heterocycles. The maximum Gasteiger partial charge on any atom is 0.258 e. The Morgan fingerprint density at radius 2 is 1.59 bits per heavy atom. The first-order chi connectivity index (χ1) is 19.0. The van der Waals surface area contributed by atoms with E-state index < -0.39 is 0 Å². The number of para-hydroxylation sites is 2. The summed E-state index contributed by atoms with van der Waals surface area (Å²) in [6.45, 7) is 7.17. The molecule has 204 valence electrons. The summed E-state index contributed by atoms with van der Waals surface area (Å²) < 4.78 is 5.46. The van der Waals surface area contributed by atoms with E-state index in [4.69, 9.17) is 27.9 Å². The van der Waals surface area contributed by atoms with E-state index in [2.05, 4.69) is 21.2 Å². The van der Waals surface area contributed by atoms with E-state index in [-0.39, 0.29) is 16.8 Å². The van der Waals surface area contributed by atoms with Gasteiger partial charge in [-0.05, 0) is 67.4 Å². The fourth-order valence-corrected chi connectivity index (χ4v) is 5.59. The Morgan fingerprint density at radius 1 is 0.846 bits per heavy atom. The molecule has 0 unspecified atom stereocenters. The van der Waals surface area contributed by atoms with Gasteiger partial charge in [-0.3, -0.25) is 14.5 Å². The summed E-state index contributed by atoms with van der Waals surface area (Å²) in [6, 6.07) is 19.8. The predicted molar refractivity (Wildman–Crippen MR) is 158 cm³/mol. The van der Waals surface area contributed by atoms with Crippen LogP contribution in [-0.2, 0) is 4.74 Å². The van der Waals surface area contributed by atoms with Crippen LogP contribution in [0.1, 0.15) is 33.6 Å². The van der Waals surface area contributed by atoms with Crippen LogP contribution >= 0.6 is 23.2 Å². The number of ether oxygens (including phenoxy) is 1. The molecule has 0 spiro atoms. The molecule has 2 aliphatic heterocycles. The topological polar surface area (TPSA) is 65.1 Å². The van der Waals surface area contributed by atoms with Crippen LogP contribution in [0.3, 0.4) is 0 Å². The summed E-state index contributed by atoms with van der Waals surface area (Å²) in [5.41, 5.74) is 3.49. The summed E-state index contributed by atoms with van der Waals surface area (Å²) in [4.78, 5) is 33.0. The highest BCUT2D eigenvalue weighted by Gasteiger charge is 2.25. The summed E-state index contributed by atoms with van der Waals surface area (Å²) >= 11 is 12.1. The fourth-order valence-electron chi connectivity index (χ4n) is 5.10. The van der Waals surface area contributed by atoms with Gasteiger partial charge in [0.2, 0.25) is 0 Å². The molecule has 0 saturated carbocycles. The van der Waals surface area contributed by atoms with Gasteiger partial charge in [-0.15, -0.1) is 0 Å². The number of hydrogen-bond donors (Lipinski definition) is 1. The molecule has 7 nitrogen and oxygen atoms in total. The van der Waals surface area contributed by atoms with Crippen LogP contribution in [0.4, 0.5) is 17.1 Å². The van der Waals surface area contributed by atoms with E-state index in [1.165, 1.54) is 6.07 Å². The van der Waals surface area contributed by atoms with Crippen LogP contribution in [0.2, 0.25) is 10.0 Å². The van der Waals surface area contributed by atoms with Crippen molar-refractivity contribution in [2.75, 3.05) is 67.6 Å². The lowest BCUT2D eigenvalue weighted by molar-refractivity contribution is 0.0376. The Labute approximate surface area is 239 Å². The molecule has 0 aliphatic carbocycles. The Balaban J connectivity index is 1.25. The summed E-state index contributed by atoms with van der Waals surface area (Å²) in [6.07, 6.45) is 1.95. The molecule has 2 heterocycles. The number of carbonyl (C=O) groups excluding carboxylic acids is 2. The van der Waals surface area contributed by atoms with Crippen LogP contribution in [0, 0.1) is 0 Å². The van der Waals surface area contributed by atoms with Crippen molar-refractivity contribution in [1.82, 2.24) is 4.90 Å². The summed E-state index contributed by atoms with van der Waals surface area (Å²) in [5, 5.41) is 3.57. The molecular weight excluding hydrogens is 535 g/mol. The van der Waals surface area contributed by atoms with Crippen molar-refractivity contribution in [2.24, 2.45) is 0 Å². The third kappa shape index (κ3) is 6.73. The number of morpholine rings is 1. The number of nitrogens with zero attached hydrogens (tertiary/aromatic N) is 3. The van der Waals surface area contributed by atoms with E-state index in [1.807, 2.05) is 23.1 Å². The highest BCUT2D eigenvalue weighted by atomic mass is 35.5. The molecule has 5 rings (SSSR count). The number of benzene rings is 3. The minimum atomic E-state index is -0.342. The molecule has 2 amide bonds. The molecule has 1 fully saturated rings. The first-order valence-corrected chi connectivity index (χ1v) is 14.1. The number of amides is 2. The quantitative estimate of drug-likeness (QED) is 0.390. The van der Waals surface area contributed by atoms with Crippen molar-refractivity contribution in [3.63, 3.8) is 0 Å². The summed E-state index contributed by atoms with van der Waals surface area (Å²) in [7, 11) is 0. The molecule has 0 bridgehead atoms. The van der Waals surface area contributed by atoms with Gasteiger partial charge in [0.05, 0.1) is 35.2 Å². The zero-order chi connectivity index (χ0) is 27.2.